The van der Waals surface area contributed by atoms with Crippen LogP contribution in [0.15, 0.2) is 12.3 Å². The van der Waals surface area contributed by atoms with Gasteiger partial charge in [0, 0.05) is 12.6 Å². The lowest BCUT2D eigenvalue weighted by Crippen LogP contribution is -2.54. The van der Waals surface area contributed by atoms with E-state index in [9.17, 15) is 14.6 Å². The summed E-state index contributed by atoms with van der Waals surface area (Å²) in [5.74, 6) is 0.0453. The van der Waals surface area contributed by atoms with E-state index < -0.39 is 45.5 Å². The van der Waals surface area contributed by atoms with Crippen LogP contribution in [0.25, 0.3) is 11.0 Å². The zero-order valence-electron chi connectivity index (χ0n) is 16.9. The number of fused-ring (bicyclic) bond motifs is 1. The number of hydrogen-bond donors (Lipinski definition) is 3. The summed E-state index contributed by atoms with van der Waals surface area (Å²) in [5, 5.41) is 20.5. The Hall–Kier alpha value is -1.59. The number of halogens is 1. The highest BCUT2D eigenvalue weighted by Gasteiger charge is 2.53. The number of aliphatic hydroxyl groups excluding tert-OH is 2. The summed E-state index contributed by atoms with van der Waals surface area (Å²) >= 11 is 0. The highest BCUT2D eigenvalue weighted by atomic mass is 28.4. The summed E-state index contributed by atoms with van der Waals surface area (Å²) in [7, 11) is -2.19. The molecule has 0 amide bonds. The van der Waals surface area contributed by atoms with E-state index in [1.807, 2.05) is 0 Å². The lowest BCUT2D eigenvalue weighted by Gasteiger charge is -2.42. The average Bonchev–Trinajstić information content (AvgIpc) is 3.15. The Balaban J connectivity index is 1.98. The SMILES string of the molecule is CC(C)(C)[Si](C)(C)OC1C[C@H](n2ccc3c(N)nc(F)nc32)OC1(CO)CO. The lowest BCUT2D eigenvalue weighted by atomic mass is 9.99. The number of rotatable bonds is 5. The molecule has 0 bridgehead atoms. The van der Waals surface area contributed by atoms with Crippen LogP contribution in [-0.4, -0.2) is 58.0 Å². The summed E-state index contributed by atoms with van der Waals surface area (Å²) in [6.45, 7) is 9.77. The van der Waals surface area contributed by atoms with Crippen LogP contribution in [0.5, 0.6) is 0 Å². The number of anilines is 1. The first kappa shape index (κ1) is 21.1. The van der Waals surface area contributed by atoms with E-state index in [1.165, 1.54) is 0 Å². The standard InChI is InChI=1S/C18H29FN4O4Si/c1-17(2,3)28(4,5)27-12-8-13(26-18(12,9-24)10-25)23-7-6-11-14(20)21-16(19)22-15(11)23/h6-7,12-13,24-25H,8-10H2,1-5H3,(H2,20,21,22)/t12?,13-/m1/s1. The van der Waals surface area contributed by atoms with Gasteiger partial charge in [-0.15, -0.1) is 0 Å². The number of aromatic nitrogens is 3. The number of nitrogens with two attached hydrogens (primary N) is 1. The molecule has 3 heterocycles. The summed E-state index contributed by atoms with van der Waals surface area (Å²) in [4.78, 5) is 7.39. The van der Waals surface area contributed by atoms with Gasteiger partial charge in [-0.2, -0.15) is 14.4 Å². The monoisotopic (exact) mass is 412 g/mol. The molecule has 0 aliphatic carbocycles. The predicted molar refractivity (Wildman–Crippen MR) is 106 cm³/mol. The Morgan fingerprint density at radius 1 is 1.36 bits per heavy atom. The minimum atomic E-state index is -2.19. The molecule has 1 fully saturated rings. The molecule has 4 N–H and O–H groups in total. The Morgan fingerprint density at radius 2 is 2.00 bits per heavy atom. The van der Waals surface area contributed by atoms with E-state index >= 15 is 0 Å². The third kappa shape index (κ3) is 3.43. The maximum absolute atomic E-state index is 13.7. The molecule has 0 saturated carbocycles. The maximum Gasteiger partial charge on any atom is 0.312 e. The van der Waals surface area contributed by atoms with Crippen LogP contribution in [0.1, 0.15) is 33.4 Å². The number of nitrogen functional groups attached to an aromatic ring is 1. The first-order chi connectivity index (χ1) is 12.9. The minimum Gasteiger partial charge on any atom is -0.411 e. The van der Waals surface area contributed by atoms with E-state index in [0.717, 1.165) is 0 Å². The molecule has 1 aliphatic rings. The number of aliphatic hydroxyl groups is 2. The van der Waals surface area contributed by atoms with E-state index in [-0.39, 0.29) is 10.9 Å². The fourth-order valence-corrected chi connectivity index (χ4v) is 4.62. The van der Waals surface area contributed by atoms with Crippen molar-refractivity contribution in [1.82, 2.24) is 14.5 Å². The Kier molecular flexibility index (Phi) is 5.30. The molecule has 1 aliphatic heterocycles. The zero-order valence-corrected chi connectivity index (χ0v) is 17.9. The van der Waals surface area contributed by atoms with Gasteiger partial charge in [0.05, 0.1) is 24.7 Å². The fraction of sp³-hybridized carbons (Fsp3) is 0.667. The highest BCUT2D eigenvalue weighted by molar-refractivity contribution is 6.74. The summed E-state index contributed by atoms with van der Waals surface area (Å²) in [6.07, 6.45) is 0.0273. The summed E-state index contributed by atoms with van der Waals surface area (Å²) in [6, 6.07) is 1.69. The van der Waals surface area contributed by atoms with Crippen molar-refractivity contribution in [2.75, 3.05) is 18.9 Å². The van der Waals surface area contributed by atoms with E-state index in [2.05, 4.69) is 43.8 Å². The second-order valence-corrected chi connectivity index (χ2v) is 13.7. The molecule has 8 nitrogen and oxygen atoms in total. The second kappa shape index (κ2) is 7.03. The lowest BCUT2D eigenvalue weighted by molar-refractivity contribution is -0.146. The molecule has 28 heavy (non-hydrogen) atoms. The van der Waals surface area contributed by atoms with Gasteiger partial charge in [-0.25, -0.2) is 0 Å². The minimum absolute atomic E-state index is 0.0453. The van der Waals surface area contributed by atoms with Crippen LogP contribution < -0.4 is 5.73 Å². The number of hydrogen-bond acceptors (Lipinski definition) is 7. The molecule has 0 radical (unpaired) electrons. The molecule has 10 heteroatoms. The Bertz CT molecular complexity index is 863. The fourth-order valence-electron chi connectivity index (χ4n) is 3.24. The van der Waals surface area contributed by atoms with Gasteiger partial charge >= 0.3 is 6.08 Å². The van der Waals surface area contributed by atoms with Gasteiger partial charge in [0.25, 0.3) is 0 Å². The second-order valence-electron chi connectivity index (χ2n) is 8.89. The van der Waals surface area contributed by atoms with Crippen molar-refractivity contribution in [3.63, 3.8) is 0 Å². The molecule has 2 atom stereocenters. The molecule has 1 saturated heterocycles. The van der Waals surface area contributed by atoms with Gasteiger partial charge in [-0.3, -0.25) is 0 Å². The molecule has 156 valence electrons. The van der Waals surface area contributed by atoms with Gasteiger partial charge in [-0.1, -0.05) is 20.8 Å². The van der Waals surface area contributed by atoms with Gasteiger partial charge in [0.15, 0.2) is 14.0 Å². The van der Waals surface area contributed by atoms with Crippen LogP contribution >= 0.6 is 0 Å². The molecule has 1 unspecified atom stereocenters. The van der Waals surface area contributed by atoms with E-state index in [4.69, 9.17) is 14.9 Å². The van der Waals surface area contributed by atoms with E-state index in [1.54, 1.807) is 16.8 Å². The Labute approximate surface area is 164 Å². The molecule has 3 rings (SSSR count). The first-order valence-corrected chi connectivity index (χ1v) is 12.2. The van der Waals surface area contributed by atoms with Crippen molar-refractivity contribution in [3.8, 4) is 0 Å². The molecule has 2 aromatic heterocycles. The highest BCUT2D eigenvalue weighted by Crippen LogP contribution is 2.45. The number of nitrogens with zero attached hydrogens (tertiary/aromatic N) is 3. The van der Waals surface area contributed by atoms with Crippen LogP contribution in [0.4, 0.5) is 10.2 Å². The normalized spacial score (nSPS) is 22.9. The third-order valence-corrected chi connectivity index (χ3v) is 10.5. The van der Waals surface area contributed by atoms with Crippen molar-refractivity contribution < 1.29 is 23.8 Å². The largest absolute Gasteiger partial charge is 0.411 e. The van der Waals surface area contributed by atoms with Crippen molar-refractivity contribution in [2.24, 2.45) is 0 Å². The maximum atomic E-state index is 13.7. The number of ether oxygens (including phenoxy) is 1. The summed E-state index contributed by atoms with van der Waals surface area (Å²) < 4.78 is 27.9. The van der Waals surface area contributed by atoms with Crippen molar-refractivity contribution in [1.29, 1.82) is 0 Å². The predicted octanol–water partition coefficient (Wildman–Crippen LogP) is 2.19. The quantitative estimate of drug-likeness (QED) is 0.509. The van der Waals surface area contributed by atoms with E-state index in [0.29, 0.717) is 17.5 Å². The Morgan fingerprint density at radius 3 is 2.57 bits per heavy atom. The van der Waals surface area contributed by atoms with Crippen LogP contribution in [0.2, 0.25) is 18.1 Å². The van der Waals surface area contributed by atoms with Crippen LogP contribution in [0, 0.1) is 6.08 Å². The third-order valence-electron chi connectivity index (χ3n) is 6.04. The molecule has 0 spiro atoms. The molecule has 0 aromatic carbocycles. The van der Waals surface area contributed by atoms with Gasteiger partial charge in [0.1, 0.15) is 17.6 Å². The van der Waals surface area contributed by atoms with Crippen LogP contribution in [-0.2, 0) is 9.16 Å². The molecular weight excluding hydrogens is 383 g/mol. The van der Waals surface area contributed by atoms with Crippen molar-refractivity contribution >= 4 is 25.2 Å². The summed E-state index contributed by atoms with van der Waals surface area (Å²) in [5.41, 5.74) is 4.83. The van der Waals surface area contributed by atoms with Crippen molar-refractivity contribution in [2.45, 2.75) is 63.3 Å². The topological polar surface area (TPSA) is 116 Å². The van der Waals surface area contributed by atoms with Crippen LogP contribution in [0.3, 0.4) is 0 Å². The van der Waals surface area contributed by atoms with Gasteiger partial charge < -0.3 is 29.7 Å². The van der Waals surface area contributed by atoms with Gasteiger partial charge in [0.2, 0.25) is 0 Å². The molecule has 2 aromatic rings. The average molecular weight is 413 g/mol. The smallest absolute Gasteiger partial charge is 0.312 e. The van der Waals surface area contributed by atoms with Gasteiger partial charge in [-0.05, 0) is 24.2 Å². The first-order valence-electron chi connectivity index (χ1n) is 9.31. The zero-order chi connectivity index (χ0) is 20.9. The molecular formula is C18H29FN4O4Si. The van der Waals surface area contributed by atoms with Crippen molar-refractivity contribution in [3.05, 3.63) is 18.3 Å².